The van der Waals surface area contributed by atoms with E-state index >= 15 is 0 Å². The second-order valence-electron chi connectivity index (χ2n) is 11.2. The number of ether oxygens (including phenoxy) is 4. The minimum absolute atomic E-state index is 0.118. The Kier molecular flexibility index (Phi) is 10.8. The molecule has 4 aromatic rings. The standard InChI is InChI=1S/C38H40N2O6S/c1-7-15-28-20-27(21-31(43-8-2)35(28)45-23-26-16-11-10-12-17-26)22-32-36(41)40-34(29-18-13-14-19-30(29)46-24(4)5)33(37(42)44-9-3)25(6)39-38(40)47-32/h7,10-14,16-22,24,34H,1,8-9,15,23H2,2-6H3/b32-22+/t34-/m1/s1. The van der Waals surface area contributed by atoms with E-state index in [9.17, 15) is 9.59 Å². The van der Waals surface area contributed by atoms with Crippen LogP contribution in [-0.4, -0.2) is 29.9 Å². The average Bonchev–Trinajstić information content (AvgIpc) is 3.34. The molecule has 1 atom stereocenters. The second-order valence-corrected chi connectivity index (χ2v) is 12.2. The number of aromatic nitrogens is 1. The van der Waals surface area contributed by atoms with E-state index in [1.165, 1.54) is 11.3 Å². The van der Waals surface area contributed by atoms with Crippen molar-refractivity contribution in [2.75, 3.05) is 13.2 Å². The number of nitrogens with zero attached hydrogens (tertiary/aromatic N) is 2. The van der Waals surface area contributed by atoms with E-state index in [2.05, 4.69) is 6.58 Å². The Bertz CT molecular complexity index is 1970. The third kappa shape index (κ3) is 7.41. The van der Waals surface area contributed by atoms with Gasteiger partial charge in [-0.05, 0) is 76.4 Å². The van der Waals surface area contributed by atoms with Crippen molar-refractivity contribution in [3.63, 3.8) is 0 Å². The number of benzene rings is 3. The third-order valence-electron chi connectivity index (χ3n) is 7.44. The molecule has 0 unspecified atom stereocenters. The van der Waals surface area contributed by atoms with Crippen molar-refractivity contribution in [1.82, 2.24) is 4.57 Å². The van der Waals surface area contributed by atoms with Crippen LogP contribution in [0.25, 0.3) is 6.08 Å². The molecule has 5 rings (SSSR count). The van der Waals surface area contributed by atoms with Gasteiger partial charge in [0.25, 0.3) is 5.56 Å². The number of carbonyl (C=O) groups is 1. The van der Waals surface area contributed by atoms with Gasteiger partial charge in [-0.15, -0.1) is 6.58 Å². The molecule has 0 fully saturated rings. The van der Waals surface area contributed by atoms with Crippen LogP contribution in [0.2, 0.25) is 0 Å². The normalized spacial score (nSPS) is 14.4. The number of esters is 1. The number of allylic oxidation sites excluding steroid dienone is 2. The van der Waals surface area contributed by atoms with Crippen molar-refractivity contribution >= 4 is 23.4 Å². The van der Waals surface area contributed by atoms with E-state index in [0.29, 0.717) is 63.1 Å². The molecule has 0 saturated heterocycles. The summed E-state index contributed by atoms with van der Waals surface area (Å²) < 4.78 is 26.0. The maximum absolute atomic E-state index is 14.3. The smallest absolute Gasteiger partial charge is 0.338 e. The Labute approximate surface area is 278 Å². The summed E-state index contributed by atoms with van der Waals surface area (Å²) in [6.07, 6.45) is 4.07. The molecule has 0 aliphatic carbocycles. The highest BCUT2D eigenvalue weighted by molar-refractivity contribution is 7.07. The van der Waals surface area contributed by atoms with Crippen molar-refractivity contribution < 1.29 is 23.7 Å². The summed E-state index contributed by atoms with van der Waals surface area (Å²) in [5, 5.41) is 0. The lowest BCUT2D eigenvalue weighted by atomic mass is 9.95. The van der Waals surface area contributed by atoms with Crippen LogP contribution in [0.3, 0.4) is 0 Å². The van der Waals surface area contributed by atoms with Crippen LogP contribution < -0.4 is 29.1 Å². The molecule has 0 amide bonds. The number of rotatable bonds is 13. The molecule has 1 aliphatic heterocycles. The van der Waals surface area contributed by atoms with Gasteiger partial charge in [-0.2, -0.15) is 0 Å². The monoisotopic (exact) mass is 652 g/mol. The number of hydrogen-bond acceptors (Lipinski definition) is 8. The van der Waals surface area contributed by atoms with Crippen molar-refractivity contribution in [3.05, 3.63) is 133 Å². The molecular weight excluding hydrogens is 612 g/mol. The van der Waals surface area contributed by atoms with E-state index in [0.717, 1.165) is 16.7 Å². The molecule has 0 radical (unpaired) electrons. The number of carbonyl (C=O) groups excluding carboxylic acids is 1. The van der Waals surface area contributed by atoms with Gasteiger partial charge in [-0.3, -0.25) is 9.36 Å². The van der Waals surface area contributed by atoms with Crippen molar-refractivity contribution in [2.45, 2.75) is 59.8 Å². The lowest BCUT2D eigenvalue weighted by Gasteiger charge is -2.26. The topological polar surface area (TPSA) is 88.4 Å². The van der Waals surface area contributed by atoms with Crippen molar-refractivity contribution in [2.24, 2.45) is 4.99 Å². The first-order valence-corrected chi connectivity index (χ1v) is 16.6. The lowest BCUT2D eigenvalue weighted by Crippen LogP contribution is -2.40. The maximum atomic E-state index is 14.3. The first kappa shape index (κ1) is 33.5. The Morgan fingerprint density at radius 3 is 2.47 bits per heavy atom. The van der Waals surface area contributed by atoms with Crippen LogP contribution in [0, 0.1) is 0 Å². The van der Waals surface area contributed by atoms with Crippen molar-refractivity contribution in [3.8, 4) is 17.2 Å². The summed E-state index contributed by atoms with van der Waals surface area (Å²) in [6.45, 7) is 14.3. The molecule has 9 heteroatoms. The fourth-order valence-corrected chi connectivity index (χ4v) is 6.58. The third-order valence-corrected chi connectivity index (χ3v) is 8.42. The number of hydrogen-bond donors (Lipinski definition) is 0. The Morgan fingerprint density at radius 1 is 1.02 bits per heavy atom. The maximum Gasteiger partial charge on any atom is 0.338 e. The highest BCUT2D eigenvalue weighted by Gasteiger charge is 2.35. The summed E-state index contributed by atoms with van der Waals surface area (Å²) in [5.41, 5.74) is 3.89. The van der Waals surface area contributed by atoms with Crippen LogP contribution in [-0.2, 0) is 22.6 Å². The molecule has 2 heterocycles. The zero-order chi connectivity index (χ0) is 33.5. The number of thiazole rings is 1. The fourth-order valence-electron chi connectivity index (χ4n) is 5.54. The van der Waals surface area contributed by atoms with Crippen LogP contribution in [0.15, 0.2) is 100 Å². The van der Waals surface area contributed by atoms with Crippen LogP contribution >= 0.6 is 11.3 Å². The van der Waals surface area contributed by atoms with Crippen LogP contribution in [0.4, 0.5) is 0 Å². The molecule has 0 bridgehead atoms. The van der Waals surface area contributed by atoms with Gasteiger partial charge in [0.15, 0.2) is 16.3 Å². The Morgan fingerprint density at radius 2 is 1.77 bits per heavy atom. The molecular formula is C38H40N2O6S. The van der Waals surface area contributed by atoms with Gasteiger partial charge in [-0.25, -0.2) is 9.79 Å². The molecule has 0 spiro atoms. The highest BCUT2D eigenvalue weighted by atomic mass is 32.1. The first-order valence-electron chi connectivity index (χ1n) is 15.8. The second kappa shape index (κ2) is 15.1. The van der Waals surface area contributed by atoms with Gasteiger partial charge in [0.2, 0.25) is 0 Å². The van der Waals surface area contributed by atoms with Gasteiger partial charge >= 0.3 is 5.97 Å². The van der Waals surface area contributed by atoms with Gasteiger partial charge in [0.1, 0.15) is 18.4 Å². The van der Waals surface area contributed by atoms with Gasteiger partial charge in [0, 0.05) is 11.1 Å². The van der Waals surface area contributed by atoms with Crippen molar-refractivity contribution in [1.29, 1.82) is 0 Å². The predicted molar refractivity (Wildman–Crippen MR) is 185 cm³/mol. The van der Waals surface area contributed by atoms with Gasteiger partial charge in [-0.1, -0.05) is 65.9 Å². The molecule has 3 aromatic carbocycles. The molecule has 47 heavy (non-hydrogen) atoms. The van der Waals surface area contributed by atoms with E-state index < -0.39 is 12.0 Å². The summed E-state index contributed by atoms with van der Waals surface area (Å²) in [6, 6.07) is 20.5. The van der Waals surface area contributed by atoms with Crippen LogP contribution in [0.5, 0.6) is 17.2 Å². The molecule has 1 aromatic heterocycles. The number of para-hydroxylation sites is 1. The SMILES string of the molecule is C=CCc1cc(/C=c2/sc3n(c2=O)[C@H](c2ccccc2OC(C)C)C(C(=O)OCC)=C(C)N=3)cc(OCC)c1OCc1ccccc1. The summed E-state index contributed by atoms with van der Waals surface area (Å²) in [7, 11) is 0. The summed E-state index contributed by atoms with van der Waals surface area (Å²) in [5.74, 6) is 1.29. The summed E-state index contributed by atoms with van der Waals surface area (Å²) >= 11 is 1.26. The van der Waals surface area contributed by atoms with E-state index in [-0.39, 0.29) is 18.3 Å². The number of fused-ring (bicyclic) bond motifs is 1. The summed E-state index contributed by atoms with van der Waals surface area (Å²) in [4.78, 5) is 32.9. The van der Waals surface area contributed by atoms with Crippen LogP contribution in [0.1, 0.15) is 62.9 Å². The Hall–Kier alpha value is -4.89. The molecule has 244 valence electrons. The van der Waals surface area contributed by atoms with Gasteiger partial charge in [0.05, 0.1) is 35.1 Å². The largest absolute Gasteiger partial charge is 0.491 e. The highest BCUT2D eigenvalue weighted by Crippen LogP contribution is 2.37. The minimum Gasteiger partial charge on any atom is -0.491 e. The predicted octanol–water partition coefficient (Wildman–Crippen LogP) is 6.29. The average molecular weight is 653 g/mol. The van der Waals surface area contributed by atoms with E-state index in [1.54, 1.807) is 18.4 Å². The zero-order valence-electron chi connectivity index (χ0n) is 27.4. The van der Waals surface area contributed by atoms with E-state index in [4.69, 9.17) is 23.9 Å². The molecule has 0 N–H and O–H groups in total. The first-order chi connectivity index (χ1) is 22.7. The molecule has 8 nitrogen and oxygen atoms in total. The molecule has 1 aliphatic rings. The Balaban J connectivity index is 1.66. The van der Waals surface area contributed by atoms with Gasteiger partial charge < -0.3 is 18.9 Å². The lowest BCUT2D eigenvalue weighted by molar-refractivity contribution is -0.139. The minimum atomic E-state index is -0.786. The fraction of sp³-hybridized carbons (Fsp3) is 0.289. The molecule has 0 saturated carbocycles. The van der Waals surface area contributed by atoms with E-state index in [1.807, 2.05) is 99.7 Å². The zero-order valence-corrected chi connectivity index (χ0v) is 28.3. The quantitative estimate of drug-likeness (QED) is 0.125.